The maximum atomic E-state index is 14.8. The standard InChI is InChI=1S/C39H43Cl2N3O4S/c1-27-14-19-34(20-15-27)49(47,48)44(36-21-16-28(2)22-29(36)3)26-38(45)43(25-31-17-18-32(40)24-35(31)41)37(23-30-10-6-4-7-11-30)39(46)42-33-12-8-5-9-13-33/h4,6-7,10-11,14-22,24,33,37H,5,8-9,12-13,23,25-26H2,1-3H3,(H,42,46)/t37-/m0/s1. The Morgan fingerprint density at radius 3 is 2.16 bits per heavy atom. The first-order valence-corrected chi connectivity index (χ1v) is 18.9. The fourth-order valence-corrected chi connectivity index (χ4v) is 8.31. The van der Waals surface area contributed by atoms with Crippen molar-refractivity contribution < 1.29 is 18.0 Å². The zero-order chi connectivity index (χ0) is 35.1. The maximum Gasteiger partial charge on any atom is 0.264 e. The van der Waals surface area contributed by atoms with Crippen LogP contribution in [-0.4, -0.2) is 43.8 Å². The third-order valence-corrected chi connectivity index (χ3v) is 11.4. The van der Waals surface area contributed by atoms with Crippen molar-refractivity contribution in [1.29, 1.82) is 0 Å². The highest BCUT2D eigenvalue weighted by Crippen LogP contribution is 2.30. The van der Waals surface area contributed by atoms with E-state index in [0.29, 0.717) is 26.9 Å². The molecule has 1 aliphatic rings. The number of nitrogens with zero attached hydrogens (tertiary/aromatic N) is 2. The van der Waals surface area contributed by atoms with E-state index < -0.39 is 28.5 Å². The second-order valence-electron chi connectivity index (χ2n) is 12.9. The van der Waals surface area contributed by atoms with Crippen LogP contribution in [0.2, 0.25) is 10.0 Å². The number of carbonyl (C=O) groups is 2. The van der Waals surface area contributed by atoms with Crippen molar-refractivity contribution in [2.24, 2.45) is 0 Å². The monoisotopic (exact) mass is 719 g/mol. The van der Waals surface area contributed by atoms with Crippen LogP contribution in [-0.2, 0) is 32.6 Å². The first kappa shape index (κ1) is 36.4. The van der Waals surface area contributed by atoms with Crippen LogP contribution < -0.4 is 9.62 Å². The van der Waals surface area contributed by atoms with Gasteiger partial charge in [-0.25, -0.2) is 8.42 Å². The highest BCUT2D eigenvalue weighted by Gasteiger charge is 2.36. The minimum absolute atomic E-state index is 0.00390. The molecule has 0 bridgehead atoms. The molecule has 5 rings (SSSR count). The van der Waals surface area contributed by atoms with E-state index in [2.05, 4.69) is 5.32 Å². The number of hydrogen-bond acceptors (Lipinski definition) is 4. The molecule has 0 aromatic heterocycles. The van der Waals surface area contributed by atoms with E-state index in [9.17, 15) is 18.0 Å². The third-order valence-electron chi connectivity index (χ3n) is 9.09. The van der Waals surface area contributed by atoms with Gasteiger partial charge in [0.1, 0.15) is 12.6 Å². The Bertz CT molecular complexity index is 1880. The summed E-state index contributed by atoms with van der Waals surface area (Å²) in [5.74, 6) is -0.824. The first-order valence-electron chi connectivity index (χ1n) is 16.7. The van der Waals surface area contributed by atoms with Crippen LogP contribution >= 0.6 is 23.2 Å². The molecule has 0 aliphatic heterocycles. The normalized spacial score (nSPS) is 14.2. The van der Waals surface area contributed by atoms with Crippen LogP contribution in [0.25, 0.3) is 0 Å². The lowest BCUT2D eigenvalue weighted by molar-refractivity contribution is -0.140. The van der Waals surface area contributed by atoms with Gasteiger partial charge in [-0.3, -0.25) is 13.9 Å². The molecule has 2 amide bonds. The fraction of sp³-hybridized carbons (Fsp3) is 0.333. The van der Waals surface area contributed by atoms with Gasteiger partial charge in [-0.05, 0) is 80.6 Å². The van der Waals surface area contributed by atoms with Crippen molar-refractivity contribution >= 4 is 50.7 Å². The molecule has 4 aromatic carbocycles. The molecule has 7 nitrogen and oxygen atoms in total. The summed E-state index contributed by atoms with van der Waals surface area (Å²) in [5, 5.41) is 4.01. The van der Waals surface area contributed by atoms with Crippen LogP contribution in [0.1, 0.15) is 59.9 Å². The zero-order valence-corrected chi connectivity index (χ0v) is 30.5. The number of carbonyl (C=O) groups excluding carboxylic acids is 2. The zero-order valence-electron chi connectivity index (χ0n) is 28.2. The topological polar surface area (TPSA) is 86.8 Å². The molecule has 10 heteroatoms. The van der Waals surface area contributed by atoms with Gasteiger partial charge in [-0.2, -0.15) is 0 Å². The summed E-state index contributed by atoms with van der Waals surface area (Å²) in [4.78, 5) is 30.7. The van der Waals surface area contributed by atoms with Crippen molar-refractivity contribution in [2.45, 2.75) is 82.8 Å². The van der Waals surface area contributed by atoms with Crippen molar-refractivity contribution in [1.82, 2.24) is 10.2 Å². The number of halogens is 2. The summed E-state index contributed by atoms with van der Waals surface area (Å²) < 4.78 is 29.9. The van der Waals surface area contributed by atoms with Crippen molar-refractivity contribution in [3.8, 4) is 0 Å². The number of amides is 2. The number of rotatable bonds is 12. The van der Waals surface area contributed by atoms with Crippen LogP contribution in [0.15, 0.2) is 95.9 Å². The van der Waals surface area contributed by atoms with Crippen molar-refractivity contribution in [3.05, 3.63) is 129 Å². The lowest BCUT2D eigenvalue weighted by Crippen LogP contribution is -2.55. The van der Waals surface area contributed by atoms with Gasteiger partial charge >= 0.3 is 0 Å². The Morgan fingerprint density at radius 2 is 1.51 bits per heavy atom. The average Bonchev–Trinajstić information content (AvgIpc) is 3.07. The summed E-state index contributed by atoms with van der Waals surface area (Å²) >= 11 is 12.9. The Hall–Kier alpha value is -3.85. The van der Waals surface area contributed by atoms with Crippen LogP contribution in [0.5, 0.6) is 0 Å². The molecule has 4 aromatic rings. The number of hydrogen-bond donors (Lipinski definition) is 1. The minimum atomic E-state index is -4.21. The van der Waals surface area contributed by atoms with Gasteiger partial charge in [0.05, 0.1) is 10.6 Å². The summed E-state index contributed by atoms with van der Waals surface area (Å²) in [6.45, 7) is 5.07. The molecule has 0 unspecified atom stereocenters. The fourth-order valence-electron chi connectivity index (χ4n) is 6.37. The molecule has 1 saturated carbocycles. The number of sulfonamides is 1. The molecule has 0 radical (unpaired) electrons. The van der Waals surface area contributed by atoms with E-state index >= 15 is 0 Å². The van der Waals surface area contributed by atoms with Gasteiger partial charge in [0, 0.05) is 29.1 Å². The van der Waals surface area contributed by atoms with Gasteiger partial charge in [-0.1, -0.05) is 114 Å². The van der Waals surface area contributed by atoms with Gasteiger partial charge in [0.2, 0.25) is 11.8 Å². The quantitative estimate of drug-likeness (QED) is 0.160. The van der Waals surface area contributed by atoms with E-state index in [1.165, 1.54) is 4.90 Å². The molecular weight excluding hydrogens is 677 g/mol. The van der Waals surface area contributed by atoms with Gasteiger partial charge < -0.3 is 10.2 Å². The lowest BCUT2D eigenvalue weighted by atomic mass is 9.94. The SMILES string of the molecule is Cc1ccc(S(=O)(=O)N(CC(=O)N(Cc2ccc(Cl)cc2Cl)[C@@H](Cc2ccccc2)C(=O)NC2CCCCC2)c2ccc(C)cc2C)cc1. The molecule has 1 N–H and O–H groups in total. The largest absolute Gasteiger partial charge is 0.352 e. The highest BCUT2D eigenvalue weighted by molar-refractivity contribution is 7.92. The smallest absolute Gasteiger partial charge is 0.264 e. The first-order chi connectivity index (χ1) is 23.4. The second-order valence-corrected chi connectivity index (χ2v) is 15.6. The van der Waals surface area contributed by atoms with Gasteiger partial charge in [-0.15, -0.1) is 0 Å². The van der Waals surface area contributed by atoms with E-state index in [1.807, 2.05) is 63.2 Å². The van der Waals surface area contributed by atoms with Crippen molar-refractivity contribution in [3.63, 3.8) is 0 Å². The average molecular weight is 721 g/mol. The Morgan fingerprint density at radius 1 is 0.837 bits per heavy atom. The molecule has 1 aliphatic carbocycles. The molecule has 49 heavy (non-hydrogen) atoms. The molecule has 0 heterocycles. The molecule has 258 valence electrons. The number of benzene rings is 4. The molecular formula is C39H43Cl2N3O4S. The van der Waals surface area contributed by atoms with E-state index in [-0.39, 0.29) is 29.8 Å². The van der Waals surface area contributed by atoms with Crippen LogP contribution in [0, 0.1) is 20.8 Å². The predicted octanol–water partition coefficient (Wildman–Crippen LogP) is 8.20. The predicted molar refractivity (Wildman–Crippen MR) is 198 cm³/mol. The van der Waals surface area contributed by atoms with Gasteiger partial charge in [0.25, 0.3) is 10.0 Å². The molecule has 0 spiro atoms. The third kappa shape index (κ3) is 9.24. The molecule has 1 fully saturated rings. The Balaban J connectivity index is 1.60. The number of nitrogens with one attached hydrogen (secondary N) is 1. The second kappa shape index (κ2) is 16.2. The summed E-state index contributed by atoms with van der Waals surface area (Å²) in [7, 11) is -4.21. The number of anilines is 1. The minimum Gasteiger partial charge on any atom is -0.352 e. The summed E-state index contributed by atoms with van der Waals surface area (Å²) in [6.07, 6.45) is 5.15. The van der Waals surface area contributed by atoms with Crippen LogP contribution in [0.4, 0.5) is 5.69 Å². The summed E-state index contributed by atoms with van der Waals surface area (Å²) in [5.41, 5.74) is 4.41. The molecule has 0 saturated heterocycles. The Kier molecular flexibility index (Phi) is 12.1. The van der Waals surface area contributed by atoms with E-state index in [1.54, 1.807) is 48.5 Å². The number of aryl methyl sites for hydroxylation is 3. The highest BCUT2D eigenvalue weighted by atomic mass is 35.5. The van der Waals surface area contributed by atoms with E-state index in [0.717, 1.165) is 53.1 Å². The van der Waals surface area contributed by atoms with E-state index in [4.69, 9.17) is 23.2 Å². The van der Waals surface area contributed by atoms with Gasteiger partial charge in [0.15, 0.2) is 0 Å². The van der Waals surface area contributed by atoms with Crippen molar-refractivity contribution in [2.75, 3.05) is 10.8 Å². The molecule has 1 atom stereocenters. The Labute approximate surface area is 300 Å². The maximum absolute atomic E-state index is 14.8. The summed E-state index contributed by atoms with van der Waals surface area (Å²) in [6, 6.07) is 25.6. The van der Waals surface area contributed by atoms with Crippen LogP contribution in [0.3, 0.4) is 0 Å². The lowest BCUT2D eigenvalue weighted by Gasteiger charge is -2.35.